The Bertz CT molecular complexity index is 1790. The summed E-state index contributed by atoms with van der Waals surface area (Å²) in [5.41, 5.74) is 2.65. The third-order valence-electron chi connectivity index (χ3n) is 6.09. The smallest absolute Gasteiger partial charge is 0.411 e. The van der Waals surface area contributed by atoms with E-state index in [1.54, 1.807) is 48.7 Å². The molecule has 0 fully saturated rings. The lowest BCUT2D eigenvalue weighted by Crippen LogP contribution is -2.27. The first-order valence-corrected chi connectivity index (χ1v) is 14.5. The maximum absolute atomic E-state index is 13.0. The van der Waals surface area contributed by atoms with Gasteiger partial charge in [-0.15, -0.1) is 5.10 Å². The maximum atomic E-state index is 13.0. The molecular weight excluding hydrogens is 586 g/mol. The largest absolute Gasteiger partial charge is 0.453 e. The van der Waals surface area contributed by atoms with Crippen LogP contribution in [-0.4, -0.2) is 63.5 Å². The van der Waals surface area contributed by atoms with Gasteiger partial charge in [-0.25, -0.2) is 18.2 Å². The molecule has 4 aromatic rings. The monoisotopic (exact) mass is 609 g/mol. The Morgan fingerprint density at radius 1 is 1.19 bits per heavy atom. The van der Waals surface area contributed by atoms with E-state index in [-0.39, 0.29) is 17.9 Å². The van der Waals surface area contributed by atoms with Crippen molar-refractivity contribution in [2.75, 3.05) is 22.9 Å². The number of H-pyrrole nitrogens is 1. The summed E-state index contributed by atoms with van der Waals surface area (Å²) in [5, 5.41) is 17.1. The van der Waals surface area contributed by atoms with Gasteiger partial charge in [-0.05, 0) is 59.3 Å². The van der Waals surface area contributed by atoms with Gasteiger partial charge < -0.3 is 15.0 Å². The van der Waals surface area contributed by atoms with E-state index in [1.165, 1.54) is 36.3 Å². The number of nitrogens with one attached hydrogen (secondary N) is 4. The van der Waals surface area contributed by atoms with Crippen molar-refractivity contribution in [3.05, 3.63) is 83.6 Å². The highest BCUT2D eigenvalue weighted by Crippen LogP contribution is 2.32. The molecule has 0 aliphatic carbocycles. The van der Waals surface area contributed by atoms with E-state index in [9.17, 15) is 18.0 Å². The summed E-state index contributed by atoms with van der Waals surface area (Å²) in [7, 11) is -2.58. The zero-order chi connectivity index (χ0) is 29.7. The van der Waals surface area contributed by atoms with Crippen LogP contribution in [-0.2, 0) is 19.6 Å². The summed E-state index contributed by atoms with van der Waals surface area (Å²) in [4.78, 5) is 32.4. The van der Waals surface area contributed by atoms with Gasteiger partial charge in [0.2, 0.25) is 15.9 Å². The fraction of sp³-hybridized carbons (Fsp3) is 0.154. The SMILES string of the molecule is COC(=O)Nc1ccc2c(c1)NS(=O)(=O)CC=CCC(NC(=O)C=Cc1cc(Cl)ccc1-n1cnnn1)c1nc-2c[nH]1. The van der Waals surface area contributed by atoms with E-state index in [1.807, 2.05) is 0 Å². The first kappa shape index (κ1) is 28.5. The fourth-order valence-electron chi connectivity index (χ4n) is 4.15. The Morgan fingerprint density at radius 2 is 2.05 bits per heavy atom. The number of benzene rings is 2. The van der Waals surface area contributed by atoms with E-state index in [0.717, 1.165) is 0 Å². The Labute approximate surface area is 244 Å². The zero-order valence-corrected chi connectivity index (χ0v) is 23.6. The molecule has 0 spiro atoms. The van der Waals surface area contributed by atoms with Gasteiger partial charge >= 0.3 is 6.09 Å². The quantitative estimate of drug-likeness (QED) is 0.194. The van der Waals surface area contributed by atoms with Crippen molar-refractivity contribution in [3.63, 3.8) is 0 Å². The van der Waals surface area contributed by atoms with Crippen molar-refractivity contribution in [2.24, 2.45) is 0 Å². The number of aromatic amines is 1. The standard InChI is InChI=1S/C26H24ClN9O5S/c1-41-26(38)30-18-7-8-19-21(13-18)33-42(39,40)11-3-2-4-20(25-28-14-22(19)32-25)31-24(37)10-5-16-12-17(27)6-9-23(16)36-15-29-34-35-36/h2-3,5-10,12-15,20,33H,4,11H2,1H3,(H,28,32)(H,30,38)(H,31,37). The van der Waals surface area contributed by atoms with Crippen LogP contribution in [0.2, 0.25) is 5.02 Å². The number of rotatable bonds is 5. The summed E-state index contributed by atoms with van der Waals surface area (Å²) in [5.74, 6) is -0.274. The lowest BCUT2D eigenvalue weighted by Gasteiger charge is -2.16. The maximum Gasteiger partial charge on any atom is 0.411 e. The number of amides is 2. The molecule has 2 bridgehead atoms. The average molecular weight is 610 g/mol. The van der Waals surface area contributed by atoms with Crippen molar-refractivity contribution < 1.29 is 22.7 Å². The summed E-state index contributed by atoms with van der Waals surface area (Å²) in [6, 6.07) is 9.17. The molecule has 1 atom stereocenters. The summed E-state index contributed by atoms with van der Waals surface area (Å²) < 4.78 is 34.2. The van der Waals surface area contributed by atoms with Crippen LogP contribution in [0.15, 0.2) is 67.2 Å². The highest BCUT2D eigenvalue weighted by Gasteiger charge is 2.21. The molecular formula is C26H24ClN9O5S. The molecule has 0 saturated carbocycles. The second-order valence-corrected chi connectivity index (χ2v) is 11.2. The van der Waals surface area contributed by atoms with Crippen molar-refractivity contribution in [2.45, 2.75) is 12.5 Å². The number of anilines is 2. The van der Waals surface area contributed by atoms with Crippen molar-refractivity contribution in [1.29, 1.82) is 0 Å². The number of ether oxygens (including phenoxy) is 1. The number of methoxy groups -OCH3 is 1. The Balaban J connectivity index is 1.42. The van der Waals surface area contributed by atoms with Crippen LogP contribution < -0.4 is 15.4 Å². The predicted molar refractivity (Wildman–Crippen MR) is 155 cm³/mol. The van der Waals surface area contributed by atoms with Gasteiger partial charge in [0, 0.05) is 34.1 Å². The number of tetrazole rings is 1. The molecule has 5 rings (SSSR count). The fourth-order valence-corrected chi connectivity index (χ4v) is 5.31. The summed E-state index contributed by atoms with van der Waals surface area (Å²) >= 11 is 6.17. The van der Waals surface area contributed by atoms with E-state index < -0.39 is 28.1 Å². The summed E-state index contributed by atoms with van der Waals surface area (Å²) in [6.45, 7) is 0. The van der Waals surface area contributed by atoms with Gasteiger partial charge in [0.15, 0.2) is 0 Å². The number of imidazole rings is 1. The molecule has 2 aromatic carbocycles. The van der Waals surface area contributed by atoms with Crippen LogP contribution in [0.25, 0.3) is 23.0 Å². The number of halogens is 1. The van der Waals surface area contributed by atoms with E-state index in [0.29, 0.717) is 39.0 Å². The highest BCUT2D eigenvalue weighted by atomic mass is 35.5. The van der Waals surface area contributed by atoms with Crippen LogP contribution in [0.1, 0.15) is 23.9 Å². The van der Waals surface area contributed by atoms with Crippen LogP contribution in [0, 0.1) is 0 Å². The number of carbonyl (C=O) groups is 2. The van der Waals surface area contributed by atoms with Gasteiger partial charge in [0.1, 0.15) is 12.2 Å². The number of aromatic nitrogens is 6. The predicted octanol–water partition coefficient (Wildman–Crippen LogP) is 3.46. The molecule has 2 amide bonds. The van der Waals surface area contributed by atoms with Crippen LogP contribution in [0.5, 0.6) is 0 Å². The molecule has 14 nitrogen and oxygen atoms in total. The van der Waals surface area contributed by atoms with Crippen molar-refractivity contribution in [1.82, 2.24) is 35.5 Å². The lowest BCUT2D eigenvalue weighted by atomic mass is 10.1. The molecule has 42 heavy (non-hydrogen) atoms. The van der Waals surface area contributed by atoms with Gasteiger partial charge in [0.25, 0.3) is 0 Å². The molecule has 2 aromatic heterocycles. The number of hydrogen-bond acceptors (Lipinski definition) is 9. The van der Waals surface area contributed by atoms with Gasteiger partial charge in [-0.3, -0.25) is 14.8 Å². The molecule has 16 heteroatoms. The van der Waals surface area contributed by atoms with Crippen LogP contribution >= 0.6 is 11.6 Å². The van der Waals surface area contributed by atoms with Crippen molar-refractivity contribution >= 4 is 51.1 Å². The normalized spacial score (nSPS) is 16.0. The highest BCUT2D eigenvalue weighted by molar-refractivity contribution is 7.92. The Kier molecular flexibility index (Phi) is 8.31. The second kappa shape index (κ2) is 12.2. The lowest BCUT2D eigenvalue weighted by molar-refractivity contribution is -0.117. The van der Waals surface area contributed by atoms with E-state index in [4.69, 9.17) is 11.6 Å². The number of sulfonamides is 1. The molecule has 1 aliphatic rings. The molecule has 216 valence electrons. The summed E-state index contributed by atoms with van der Waals surface area (Å²) in [6.07, 6.45) is 8.68. The number of hydrogen-bond donors (Lipinski definition) is 4. The third kappa shape index (κ3) is 6.82. The Morgan fingerprint density at radius 3 is 2.83 bits per heavy atom. The molecule has 0 radical (unpaired) electrons. The molecule has 3 heterocycles. The molecule has 4 N–H and O–H groups in total. The van der Waals surface area contributed by atoms with Crippen LogP contribution in [0.3, 0.4) is 0 Å². The number of carbonyl (C=O) groups excluding carboxylic acids is 2. The minimum absolute atomic E-state index is 0.208. The molecule has 1 aliphatic heterocycles. The number of nitrogens with zero attached hydrogens (tertiary/aromatic N) is 5. The Hall–Kier alpha value is -5.02. The average Bonchev–Trinajstić information content (AvgIpc) is 3.66. The second-order valence-electron chi connectivity index (χ2n) is 8.99. The molecule has 1 unspecified atom stereocenters. The van der Waals surface area contributed by atoms with E-state index >= 15 is 0 Å². The minimum atomic E-state index is -3.80. The topological polar surface area (TPSA) is 186 Å². The first-order chi connectivity index (χ1) is 20.2. The zero-order valence-electron chi connectivity index (χ0n) is 22.0. The first-order valence-electron chi connectivity index (χ1n) is 12.4. The van der Waals surface area contributed by atoms with Crippen LogP contribution in [0.4, 0.5) is 16.2 Å². The van der Waals surface area contributed by atoms with Crippen molar-refractivity contribution in [3.8, 4) is 16.9 Å². The third-order valence-corrected chi connectivity index (χ3v) is 7.49. The van der Waals surface area contributed by atoms with E-state index in [2.05, 4.69) is 45.6 Å². The molecule has 0 saturated heterocycles. The van der Waals surface area contributed by atoms with Gasteiger partial charge in [0.05, 0.1) is 36.0 Å². The van der Waals surface area contributed by atoms with Gasteiger partial charge in [-0.1, -0.05) is 23.8 Å². The van der Waals surface area contributed by atoms with Gasteiger partial charge in [-0.2, -0.15) is 4.68 Å². The number of fused-ring (bicyclic) bond motifs is 4. The minimum Gasteiger partial charge on any atom is -0.453 e.